The van der Waals surface area contributed by atoms with Crippen molar-refractivity contribution in [2.24, 2.45) is 5.41 Å². The third kappa shape index (κ3) is 3.34. The van der Waals surface area contributed by atoms with Gasteiger partial charge in [-0.25, -0.2) is 0 Å². The van der Waals surface area contributed by atoms with E-state index in [1.54, 1.807) is 0 Å². The molecule has 0 unspecified atom stereocenters. The van der Waals surface area contributed by atoms with E-state index in [4.69, 9.17) is 4.74 Å². The van der Waals surface area contributed by atoms with Gasteiger partial charge in [0.1, 0.15) is 5.41 Å². The normalized spacial score (nSPS) is 17.5. The maximum Gasteiger partial charge on any atom is 0.240 e. The monoisotopic (exact) mass is 322 g/mol. The van der Waals surface area contributed by atoms with Gasteiger partial charge in [0, 0.05) is 24.2 Å². The van der Waals surface area contributed by atoms with Gasteiger partial charge < -0.3 is 10.1 Å². The van der Waals surface area contributed by atoms with Crippen molar-refractivity contribution in [1.29, 1.82) is 5.26 Å². The second-order valence-electron chi connectivity index (χ2n) is 4.62. The topological polar surface area (TPSA) is 62.1 Å². The van der Waals surface area contributed by atoms with E-state index in [0.29, 0.717) is 32.6 Å². The highest BCUT2D eigenvalue weighted by Crippen LogP contribution is 2.29. The number of benzene rings is 1. The van der Waals surface area contributed by atoms with Crippen LogP contribution in [0.4, 0.5) is 0 Å². The first-order valence-corrected chi connectivity index (χ1v) is 6.97. The zero-order chi connectivity index (χ0) is 13.7. The van der Waals surface area contributed by atoms with Crippen molar-refractivity contribution in [2.45, 2.75) is 19.4 Å². The number of halogens is 1. The molecule has 1 amide bonds. The molecule has 5 heteroatoms. The van der Waals surface area contributed by atoms with Gasteiger partial charge >= 0.3 is 0 Å². The summed E-state index contributed by atoms with van der Waals surface area (Å²) in [5, 5.41) is 12.1. The van der Waals surface area contributed by atoms with Gasteiger partial charge in [0.05, 0.1) is 6.07 Å². The highest BCUT2D eigenvalue weighted by atomic mass is 79.9. The van der Waals surface area contributed by atoms with Gasteiger partial charge in [0.25, 0.3) is 0 Å². The van der Waals surface area contributed by atoms with Crippen molar-refractivity contribution < 1.29 is 9.53 Å². The molecule has 1 aromatic rings. The van der Waals surface area contributed by atoms with Gasteiger partial charge in [-0.15, -0.1) is 0 Å². The molecule has 0 aliphatic carbocycles. The minimum Gasteiger partial charge on any atom is -0.381 e. The number of nitrogens with zero attached hydrogens (tertiary/aromatic N) is 1. The van der Waals surface area contributed by atoms with Crippen molar-refractivity contribution in [3.05, 3.63) is 34.3 Å². The van der Waals surface area contributed by atoms with Crippen LogP contribution in [-0.4, -0.2) is 19.1 Å². The summed E-state index contributed by atoms with van der Waals surface area (Å²) in [5.41, 5.74) is 0.0763. The maximum absolute atomic E-state index is 12.2. The number of nitriles is 1. The lowest BCUT2D eigenvalue weighted by atomic mass is 9.81. The van der Waals surface area contributed by atoms with Gasteiger partial charge in [0.15, 0.2) is 0 Å². The Kier molecular flexibility index (Phi) is 4.56. The highest BCUT2D eigenvalue weighted by Gasteiger charge is 2.40. The molecule has 100 valence electrons. The molecule has 4 nitrogen and oxygen atoms in total. The number of hydrogen-bond acceptors (Lipinski definition) is 3. The summed E-state index contributed by atoms with van der Waals surface area (Å²) in [6.45, 7) is 1.37. The summed E-state index contributed by atoms with van der Waals surface area (Å²) >= 11 is 3.39. The standard InChI is InChI=1S/C14H15BrN2O2/c15-12-3-1-2-11(8-12)9-17-13(18)14(10-16)4-6-19-7-5-14/h1-3,8H,4-7,9H2,(H,17,18). The molecule has 0 radical (unpaired) electrons. The summed E-state index contributed by atoms with van der Waals surface area (Å²) in [6, 6.07) is 9.90. The van der Waals surface area contributed by atoms with Gasteiger partial charge in [-0.2, -0.15) is 5.26 Å². The average molecular weight is 323 g/mol. The van der Waals surface area contributed by atoms with Crippen LogP contribution in [0.15, 0.2) is 28.7 Å². The molecule has 1 aliphatic rings. The molecule has 1 aromatic carbocycles. The number of rotatable bonds is 3. The van der Waals surface area contributed by atoms with Gasteiger partial charge in [-0.1, -0.05) is 28.1 Å². The van der Waals surface area contributed by atoms with E-state index < -0.39 is 5.41 Å². The largest absolute Gasteiger partial charge is 0.381 e. The van der Waals surface area contributed by atoms with E-state index in [-0.39, 0.29) is 5.91 Å². The molecule has 0 atom stereocenters. The third-order valence-corrected chi connectivity index (χ3v) is 3.83. The third-order valence-electron chi connectivity index (χ3n) is 3.34. The summed E-state index contributed by atoms with van der Waals surface area (Å²) in [5.74, 6) is -0.196. The summed E-state index contributed by atoms with van der Waals surface area (Å²) in [7, 11) is 0. The molecule has 0 aromatic heterocycles. The average Bonchev–Trinajstić information content (AvgIpc) is 2.45. The molecule has 1 aliphatic heterocycles. The molecule has 1 saturated heterocycles. The minimum absolute atomic E-state index is 0.196. The van der Waals surface area contributed by atoms with Crippen molar-refractivity contribution in [3.63, 3.8) is 0 Å². The van der Waals surface area contributed by atoms with Crippen molar-refractivity contribution in [2.75, 3.05) is 13.2 Å². The predicted octanol–water partition coefficient (Wildman–Crippen LogP) is 2.39. The zero-order valence-corrected chi connectivity index (χ0v) is 12.1. The van der Waals surface area contributed by atoms with Gasteiger partial charge in [-0.3, -0.25) is 4.79 Å². The molecule has 2 rings (SSSR count). The van der Waals surface area contributed by atoms with Crippen LogP contribution in [0.3, 0.4) is 0 Å². The Balaban J connectivity index is 1.99. The lowest BCUT2D eigenvalue weighted by Crippen LogP contribution is -2.43. The first-order chi connectivity index (χ1) is 9.16. The Morgan fingerprint density at radius 2 is 2.21 bits per heavy atom. The maximum atomic E-state index is 12.2. The Hall–Kier alpha value is -1.38. The SMILES string of the molecule is N#CC1(C(=O)NCc2cccc(Br)c2)CCOCC1. The number of hydrogen-bond donors (Lipinski definition) is 1. The smallest absolute Gasteiger partial charge is 0.240 e. The Labute approximate surface area is 120 Å². The Morgan fingerprint density at radius 1 is 1.47 bits per heavy atom. The predicted molar refractivity (Wildman–Crippen MR) is 74.1 cm³/mol. The van der Waals surface area contributed by atoms with Crippen molar-refractivity contribution in [1.82, 2.24) is 5.32 Å². The molecule has 0 bridgehead atoms. The van der Waals surface area contributed by atoms with Crippen molar-refractivity contribution >= 4 is 21.8 Å². The first kappa shape index (κ1) is 14.0. The van der Waals surface area contributed by atoms with E-state index in [2.05, 4.69) is 27.3 Å². The van der Waals surface area contributed by atoms with E-state index in [1.807, 2.05) is 24.3 Å². The molecule has 0 saturated carbocycles. The second kappa shape index (κ2) is 6.18. The Morgan fingerprint density at radius 3 is 2.84 bits per heavy atom. The second-order valence-corrected chi connectivity index (χ2v) is 5.53. The van der Waals surface area contributed by atoms with E-state index in [0.717, 1.165) is 10.0 Å². The summed E-state index contributed by atoms with van der Waals surface area (Å²) in [6.07, 6.45) is 0.932. The number of amides is 1. The van der Waals surface area contributed by atoms with Gasteiger partial charge in [0.2, 0.25) is 5.91 Å². The fraction of sp³-hybridized carbons (Fsp3) is 0.429. The zero-order valence-electron chi connectivity index (χ0n) is 10.5. The van der Waals surface area contributed by atoms with Crippen LogP contribution < -0.4 is 5.32 Å². The van der Waals surface area contributed by atoms with Crippen LogP contribution >= 0.6 is 15.9 Å². The fourth-order valence-corrected chi connectivity index (χ4v) is 2.55. The highest BCUT2D eigenvalue weighted by molar-refractivity contribution is 9.10. The summed E-state index contributed by atoms with van der Waals surface area (Å²) in [4.78, 5) is 12.2. The molecular weight excluding hydrogens is 308 g/mol. The van der Waals surface area contributed by atoms with Crippen LogP contribution in [0, 0.1) is 16.7 Å². The number of carbonyl (C=O) groups is 1. The number of carbonyl (C=O) groups excluding carboxylic acids is 1. The number of nitrogens with one attached hydrogen (secondary N) is 1. The van der Waals surface area contributed by atoms with E-state index in [1.165, 1.54) is 0 Å². The Bertz CT molecular complexity index is 504. The van der Waals surface area contributed by atoms with Crippen LogP contribution in [0.25, 0.3) is 0 Å². The van der Waals surface area contributed by atoms with Crippen LogP contribution in [0.2, 0.25) is 0 Å². The lowest BCUT2D eigenvalue weighted by molar-refractivity contribution is -0.132. The van der Waals surface area contributed by atoms with Crippen LogP contribution in [0.5, 0.6) is 0 Å². The van der Waals surface area contributed by atoms with E-state index >= 15 is 0 Å². The quantitative estimate of drug-likeness (QED) is 0.929. The number of ether oxygens (including phenoxy) is 1. The lowest BCUT2D eigenvalue weighted by Gasteiger charge is -2.29. The van der Waals surface area contributed by atoms with Crippen LogP contribution in [-0.2, 0) is 16.1 Å². The molecule has 0 spiro atoms. The molecule has 1 N–H and O–H groups in total. The van der Waals surface area contributed by atoms with Gasteiger partial charge in [-0.05, 0) is 30.5 Å². The molecular formula is C14H15BrN2O2. The van der Waals surface area contributed by atoms with Crippen LogP contribution in [0.1, 0.15) is 18.4 Å². The molecule has 19 heavy (non-hydrogen) atoms. The minimum atomic E-state index is -0.926. The summed E-state index contributed by atoms with van der Waals surface area (Å²) < 4.78 is 6.19. The molecule has 1 heterocycles. The van der Waals surface area contributed by atoms with E-state index in [9.17, 15) is 10.1 Å². The fourth-order valence-electron chi connectivity index (χ4n) is 2.11. The van der Waals surface area contributed by atoms with Crippen molar-refractivity contribution in [3.8, 4) is 6.07 Å². The first-order valence-electron chi connectivity index (χ1n) is 6.18. The molecule has 1 fully saturated rings.